The van der Waals surface area contributed by atoms with Crippen LogP contribution in [0.25, 0.3) is 0 Å². The Morgan fingerprint density at radius 3 is 2.88 bits per heavy atom. The molecule has 0 saturated carbocycles. The zero-order valence-corrected chi connectivity index (χ0v) is 11.0. The maximum Gasteiger partial charge on any atom is 0.242 e. The van der Waals surface area contributed by atoms with E-state index in [0.29, 0.717) is 13.1 Å². The summed E-state index contributed by atoms with van der Waals surface area (Å²) in [6, 6.07) is 0. The molecule has 1 fully saturated rings. The zero-order chi connectivity index (χ0) is 12.9. The van der Waals surface area contributed by atoms with E-state index >= 15 is 0 Å². The van der Waals surface area contributed by atoms with Gasteiger partial charge >= 0.3 is 0 Å². The molecule has 5 nitrogen and oxygen atoms in total. The first-order chi connectivity index (χ1) is 7.97. The maximum absolute atomic E-state index is 12.0. The first-order valence-electron chi connectivity index (χ1n) is 6.28. The van der Waals surface area contributed by atoms with Crippen LogP contribution < -0.4 is 10.6 Å². The highest BCUT2D eigenvalue weighted by Crippen LogP contribution is 2.11. The van der Waals surface area contributed by atoms with Gasteiger partial charge < -0.3 is 15.5 Å². The van der Waals surface area contributed by atoms with Gasteiger partial charge in [0.05, 0.1) is 12.1 Å². The molecule has 2 amide bonds. The van der Waals surface area contributed by atoms with Crippen molar-refractivity contribution in [3.8, 4) is 0 Å². The van der Waals surface area contributed by atoms with Gasteiger partial charge in [0.2, 0.25) is 11.8 Å². The second-order valence-electron chi connectivity index (χ2n) is 4.98. The van der Waals surface area contributed by atoms with E-state index in [9.17, 15) is 9.59 Å². The number of rotatable bonds is 5. The summed E-state index contributed by atoms with van der Waals surface area (Å²) in [4.78, 5) is 25.2. The van der Waals surface area contributed by atoms with E-state index in [1.807, 2.05) is 13.8 Å². The lowest BCUT2D eigenvalue weighted by Gasteiger charge is -2.37. The fourth-order valence-corrected chi connectivity index (χ4v) is 1.86. The molecule has 0 unspecified atom stereocenters. The number of amides is 2. The highest BCUT2D eigenvalue weighted by molar-refractivity contribution is 5.90. The largest absolute Gasteiger partial charge is 0.355 e. The molecule has 0 bridgehead atoms. The lowest BCUT2D eigenvalue weighted by Crippen LogP contribution is -2.62. The van der Waals surface area contributed by atoms with Crippen molar-refractivity contribution in [1.82, 2.24) is 15.5 Å². The molecule has 1 aliphatic heterocycles. The molecule has 0 aromatic rings. The first kappa shape index (κ1) is 14.0. The van der Waals surface area contributed by atoms with Crippen LogP contribution >= 0.6 is 0 Å². The van der Waals surface area contributed by atoms with Crippen molar-refractivity contribution in [1.29, 1.82) is 0 Å². The molecule has 1 saturated heterocycles. The molecule has 5 heteroatoms. The lowest BCUT2D eigenvalue weighted by molar-refractivity contribution is -0.143. The molecule has 0 radical (unpaired) electrons. The van der Waals surface area contributed by atoms with Crippen molar-refractivity contribution < 1.29 is 9.59 Å². The van der Waals surface area contributed by atoms with Gasteiger partial charge in [-0.1, -0.05) is 13.3 Å². The molecule has 17 heavy (non-hydrogen) atoms. The van der Waals surface area contributed by atoms with Gasteiger partial charge in [-0.2, -0.15) is 0 Å². The Bertz CT molecular complexity index is 289. The maximum atomic E-state index is 12.0. The van der Waals surface area contributed by atoms with Gasteiger partial charge in [0.15, 0.2) is 0 Å². The van der Waals surface area contributed by atoms with E-state index < -0.39 is 5.54 Å². The number of nitrogens with zero attached hydrogens (tertiary/aromatic N) is 1. The second kappa shape index (κ2) is 6.00. The Morgan fingerprint density at radius 1 is 1.53 bits per heavy atom. The van der Waals surface area contributed by atoms with Crippen molar-refractivity contribution in [3.63, 3.8) is 0 Å². The monoisotopic (exact) mass is 241 g/mol. The summed E-state index contributed by atoms with van der Waals surface area (Å²) < 4.78 is 0. The van der Waals surface area contributed by atoms with Crippen molar-refractivity contribution in [2.45, 2.75) is 39.2 Å². The number of hydrogen-bond donors (Lipinski definition) is 2. The molecule has 0 spiro atoms. The Morgan fingerprint density at radius 2 is 2.24 bits per heavy atom. The fraction of sp³-hybridized carbons (Fsp3) is 0.833. The van der Waals surface area contributed by atoms with Crippen LogP contribution in [-0.2, 0) is 9.59 Å². The summed E-state index contributed by atoms with van der Waals surface area (Å²) in [5, 5.41) is 5.97. The number of unbranched alkanes of at least 4 members (excludes halogenated alkanes) is 1. The van der Waals surface area contributed by atoms with Gasteiger partial charge in [0.25, 0.3) is 0 Å². The van der Waals surface area contributed by atoms with Crippen LogP contribution in [0.2, 0.25) is 0 Å². The number of hydrogen-bond acceptors (Lipinski definition) is 3. The first-order valence-corrected chi connectivity index (χ1v) is 6.28. The summed E-state index contributed by atoms with van der Waals surface area (Å²) in [6.07, 6.45) is 2.03. The quantitative estimate of drug-likeness (QED) is 0.672. The molecule has 1 aliphatic rings. The van der Waals surface area contributed by atoms with E-state index in [-0.39, 0.29) is 18.4 Å². The van der Waals surface area contributed by atoms with Gasteiger partial charge in [-0.25, -0.2) is 0 Å². The number of piperazine rings is 1. The van der Waals surface area contributed by atoms with Crippen LogP contribution in [0.1, 0.15) is 33.6 Å². The molecule has 0 aliphatic carbocycles. The molecule has 1 heterocycles. The summed E-state index contributed by atoms with van der Waals surface area (Å²) in [5.41, 5.74) is -0.554. The molecular weight excluding hydrogens is 218 g/mol. The summed E-state index contributed by atoms with van der Waals surface area (Å²) in [5.74, 6) is -0.0705. The third-order valence-electron chi connectivity index (χ3n) is 2.96. The summed E-state index contributed by atoms with van der Waals surface area (Å²) in [6.45, 7) is 7.97. The molecule has 0 aromatic carbocycles. The van der Waals surface area contributed by atoms with Gasteiger partial charge in [-0.15, -0.1) is 0 Å². The predicted octanol–water partition coefficient (Wildman–Crippen LogP) is 0.113. The lowest BCUT2D eigenvalue weighted by atomic mass is 10.0. The number of carbonyl (C=O) groups is 2. The van der Waals surface area contributed by atoms with Gasteiger partial charge in [0, 0.05) is 19.6 Å². The molecule has 98 valence electrons. The Kier molecular flexibility index (Phi) is 4.93. The minimum Gasteiger partial charge on any atom is -0.355 e. The normalized spacial score (nSPS) is 19.2. The number of carbonyl (C=O) groups excluding carboxylic acids is 2. The van der Waals surface area contributed by atoms with Gasteiger partial charge in [-0.05, 0) is 20.3 Å². The van der Waals surface area contributed by atoms with Gasteiger partial charge in [0.1, 0.15) is 0 Å². The van der Waals surface area contributed by atoms with Crippen molar-refractivity contribution in [2.24, 2.45) is 0 Å². The third kappa shape index (κ3) is 4.00. The van der Waals surface area contributed by atoms with Crippen molar-refractivity contribution in [2.75, 3.05) is 26.2 Å². The average Bonchev–Trinajstić information content (AvgIpc) is 2.25. The Hall–Kier alpha value is -1.10. The highest BCUT2D eigenvalue weighted by Gasteiger charge is 2.35. The predicted molar refractivity (Wildman–Crippen MR) is 66.6 cm³/mol. The zero-order valence-electron chi connectivity index (χ0n) is 11.0. The van der Waals surface area contributed by atoms with E-state index in [1.165, 1.54) is 0 Å². The standard InChI is InChI=1S/C12H23N3O2/c1-4-5-6-13-10(16)9-15-8-7-14-12(2,3)11(15)17/h14H,4-9H2,1-3H3,(H,13,16). The third-order valence-corrected chi connectivity index (χ3v) is 2.96. The molecule has 2 N–H and O–H groups in total. The topological polar surface area (TPSA) is 61.4 Å². The van der Waals surface area contributed by atoms with Crippen LogP contribution in [0.3, 0.4) is 0 Å². The minimum absolute atomic E-state index is 0.00519. The SMILES string of the molecule is CCCCNC(=O)CN1CCNC(C)(C)C1=O. The summed E-state index contributed by atoms with van der Waals surface area (Å²) >= 11 is 0. The molecular formula is C12H23N3O2. The molecule has 0 aromatic heterocycles. The van der Waals surface area contributed by atoms with Gasteiger partial charge in [-0.3, -0.25) is 9.59 Å². The minimum atomic E-state index is -0.554. The fourth-order valence-electron chi connectivity index (χ4n) is 1.86. The van der Waals surface area contributed by atoms with E-state index in [1.54, 1.807) is 4.90 Å². The molecule has 1 rings (SSSR count). The Labute approximate surface area is 103 Å². The van der Waals surface area contributed by atoms with Crippen molar-refractivity contribution >= 4 is 11.8 Å². The van der Waals surface area contributed by atoms with E-state index in [2.05, 4.69) is 17.6 Å². The smallest absolute Gasteiger partial charge is 0.242 e. The van der Waals surface area contributed by atoms with Crippen molar-refractivity contribution in [3.05, 3.63) is 0 Å². The van der Waals surface area contributed by atoms with E-state index in [0.717, 1.165) is 19.4 Å². The molecule has 0 atom stereocenters. The van der Waals surface area contributed by atoms with Crippen LogP contribution in [0.4, 0.5) is 0 Å². The second-order valence-corrected chi connectivity index (χ2v) is 4.98. The Balaban J connectivity index is 2.40. The van der Waals surface area contributed by atoms with Crippen LogP contribution in [0.15, 0.2) is 0 Å². The highest BCUT2D eigenvalue weighted by atomic mass is 16.2. The number of nitrogens with one attached hydrogen (secondary N) is 2. The average molecular weight is 241 g/mol. The summed E-state index contributed by atoms with van der Waals surface area (Å²) in [7, 11) is 0. The van der Waals surface area contributed by atoms with Crippen LogP contribution in [0.5, 0.6) is 0 Å². The van der Waals surface area contributed by atoms with Crippen LogP contribution in [-0.4, -0.2) is 48.4 Å². The van der Waals surface area contributed by atoms with E-state index in [4.69, 9.17) is 0 Å². The van der Waals surface area contributed by atoms with Crippen LogP contribution in [0, 0.1) is 0 Å².